The van der Waals surface area contributed by atoms with Gasteiger partial charge in [0.15, 0.2) is 5.82 Å². The lowest BCUT2D eigenvalue weighted by molar-refractivity contribution is -0.386. The van der Waals surface area contributed by atoms with Crippen molar-refractivity contribution in [1.29, 1.82) is 0 Å². The molecule has 0 amide bonds. The van der Waals surface area contributed by atoms with E-state index in [0.717, 1.165) is 19.2 Å². The van der Waals surface area contributed by atoms with Gasteiger partial charge in [-0.25, -0.2) is 12.8 Å². The number of hydrogen-bond donors (Lipinski definition) is 1. The molecule has 1 aromatic carbocycles. The number of nitro groups is 1. The molecule has 11 heteroatoms. The van der Waals surface area contributed by atoms with Crippen LogP contribution in [0.1, 0.15) is 19.8 Å². The third kappa shape index (κ3) is 4.38. The maximum atomic E-state index is 14.0. The molecule has 0 bridgehead atoms. The standard InChI is InChI=1S/C14H20FN3O5S.ClH/c1-9(16)10-3-5-17(6-4-10)24(21,22)11-7-12(15)14(23-2)13(8-11)18(19)20;/h7-10H,3-6,16H2,1-2H3;1H. The van der Waals surface area contributed by atoms with Crippen molar-refractivity contribution in [2.24, 2.45) is 11.7 Å². The second-order valence-corrected chi connectivity index (χ2v) is 7.75. The van der Waals surface area contributed by atoms with E-state index < -0.39 is 37.1 Å². The Bertz CT molecular complexity index is 736. The van der Waals surface area contributed by atoms with Gasteiger partial charge in [0, 0.05) is 25.2 Å². The first-order valence-electron chi connectivity index (χ1n) is 7.46. The molecule has 142 valence electrons. The van der Waals surface area contributed by atoms with Crippen molar-refractivity contribution in [3.63, 3.8) is 0 Å². The summed E-state index contributed by atoms with van der Waals surface area (Å²) in [5, 5.41) is 11.0. The molecule has 0 aliphatic carbocycles. The van der Waals surface area contributed by atoms with Gasteiger partial charge in [-0.2, -0.15) is 4.31 Å². The third-order valence-electron chi connectivity index (χ3n) is 4.28. The quantitative estimate of drug-likeness (QED) is 0.599. The second-order valence-electron chi connectivity index (χ2n) is 5.82. The van der Waals surface area contributed by atoms with Gasteiger partial charge in [-0.3, -0.25) is 10.1 Å². The summed E-state index contributed by atoms with van der Waals surface area (Å²) < 4.78 is 45.2. The van der Waals surface area contributed by atoms with Gasteiger partial charge in [0.2, 0.25) is 15.8 Å². The number of benzene rings is 1. The number of nitro benzene ring substituents is 1. The minimum Gasteiger partial charge on any atom is -0.488 e. The van der Waals surface area contributed by atoms with E-state index in [4.69, 9.17) is 5.73 Å². The molecular weight excluding hydrogens is 377 g/mol. The van der Waals surface area contributed by atoms with Gasteiger partial charge in [-0.1, -0.05) is 0 Å². The Morgan fingerprint density at radius 3 is 2.40 bits per heavy atom. The Balaban J connectivity index is 0.00000312. The van der Waals surface area contributed by atoms with Crippen molar-refractivity contribution >= 4 is 28.1 Å². The van der Waals surface area contributed by atoms with E-state index in [1.807, 2.05) is 6.92 Å². The van der Waals surface area contributed by atoms with Crippen LogP contribution in [0.2, 0.25) is 0 Å². The van der Waals surface area contributed by atoms with E-state index in [2.05, 4.69) is 4.74 Å². The molecule has 2 rings (SSSR count). The van der Waals surface area contributed by atoms with E-state index in [1.165, 1.54) is 4.31 Å². The van der Waals surface area contributed by atoms with Gasteiger partial charge >= 0.3 is 5.69 Å². The van der Waals surface area contributed by atoms with Crippen LogP contribution in [-0.2, 0) is 10.0 Å². The van der Waals surface area contributed by atoms with Gasteiger partial charge < -0.3 is 10.5 Å². The molecule has 8 nitrogen and oxygen atoms in total. The zero-order chi connectivity index (χ0) is 18.1. The molecule has 0 aromatic heterocycles. The van der Waals surface area contributed by atoms with Crippen molar-refractivity contribution < 1.29 is 22.5 Å². The summed E-state index contributed by atoms with van der Waals surface area (Å²) in [5.41, 5.74) is 5.11. The first-order valence-corrected chi connectivity index (χ1v) is 8.90. The highest BCUT2D eigenvalue weighted by Crippen LogP contribution is 2.34. The maximum Gasteiger partial charge on any atom is 0.315 e. The summed E-state index contributed by atoms with van der Waals surface area (Å²) in [5.74, 6) is -1.45. The lowest BCUT2D eigenvalue weighted by Gasteiger charge is -2.32. The third-order valence-corrected chi connectivity index (χ3v) is 6.15. The van der Waals surface area contributed by atoms with Crippen LogP contribution in [0, 0.1) is 21.8 Å². The summed E-state index contributed by atoms with van der Waals surface area (Å²) >= 11 is 0. The largest absolute Gasteiger partial charge is 0.488 e. The molecule has 0 radical (unpaired) electrons. The Hall–Kier alpha value is -1.49. The highest BCUT2D eigenvalue weighted by atomic mass is 35.5. The van der Waals surface area contributed by atoms with Crippen LogP contribution in [-0.4, -0.2) is 43.9 Å². The van der Waals surface area contributed by atoms with Gasteiger partial charge in [0.05, 0.1) is 16.9 Å². The molecule has 1 unspecified atom stereocenters. The Kier molecular flexibility index (Phi) is 7.12. The molecule has 1 fully saturated rings. The zero-order valence-electron chi connectivity index (χ0n) is 13.8. The predicted molar refractivity (Wildman–Crippen MR) is 92.0 cm³/mol. The van der Waals surface area contributed by atoms with Gasteiger partial charge in [0.25, 0.3) is 0 Å². The van der Waals surface area contributed by atoms with Crippen molar-refractivity contribution in [2.75, 3.05) is 20.2 Å². The lowest BCUT2D eigenvalue weighted by Crippen LogP contribution is -2.42. The van der Waals surface area contributed by atoms with E-state index in [9.17, 15) is 22.9 Å². The van der Waals surface area contributed by atoms with Crippen LogP contribution in [0.25, 0.3) is 0 Å². The second kappa shape index (κ2) is 8.26. The smallest absolute Gasteiger partial charge is 0.315 e. The molecule has 0 saturated carbocycles. The summed E-state index contributed by atoms with van der Waals surface area (Å²) in [6.45, 7) is 2.36. The average Bonchev–Trinajstić information content (AvgIpc) is 2.53. The molecule has 25 heavy (non-hydrogen) atoms. The first kappa shape index (κ1) is 21.6. The molecular formula is C14H21ClFN3O5S. The molecule has 1 saturated heterocycles. The van der Waals surface area contributed by atoms with Crippen molar-refractivity contribution in [3.05, 3.63) is 28.1 Å². The molecule has 1 aliphatic heterocycles. The van der Waals surface area contributed by atoms with Crippen LogP contribution in [0.4, 0.5) is 10.1 Å². The van der Waals surface area contributed by atoms with Crippen molar-refractivity contribution in [1.82, 2.24) is 4.31 Å². The number of sulfonamides is 1. The van der Waals surface area contributed by atoms with E-state index >= 15 is 0 Å². The van der Waals surface area contributed by atoms with Gasteiger partial charge in [0.1, 0.15) is 0 Å². The fourth-order valence-electron chi connectivity index (χ4n) is 2.83. The minimum absolute atomic E-state index is 0. The van der Waals surface area contributed by atoms with Gasteiger partial charge in [-0.15, -0.1) is 12.4 Å². The number of methoxy groups -OCH3 is 1. The first-order chi connectivity index (χ1) is 11.2. The number of nitrogens with zero attached hydrogens (tertiary/aromatic N) is 2. The topological polar surface area (TPSA) is 116 Å². The molecule has 1 aliphatic rings. The van der Waals surface area contributed by atoms with Gasteiger partial charge in [-0.05, 0) is 31.7 Å². The Morgan fingerprint density at radius 2 is 1.96 bits per heavy atom. The molecule has 1 atom stereocenters. The summed E-state index contributed by atoms with van der Waals surface area (Å²) in [6.07, 6.45) is 1.19. The van der Waals surface area contributed by atoms with E-state index in [0.29, 0.717) is 12.8 Å². The number of hydrogen-bond acceptors (Lipinski definition) is 6. The normalized spacial score (nSPS) is 17.6. The van der Waals surface area contributed by atoms with E-state index in [1.54, 1.807) is 0 Å². The van der Waals surface area contributed by atoms with Crippen molar-refractivity contribution in [3.8, 4) is 5.75 Å². The summed E-state index contributed by atoms with van der Waals surface area (Å²) in [6, 6.07) is 1.54. The van der Waals surface area contributed by atoms with Crippen LogP contribution in [0.15, 0.2) is 17.0 Å². The number of ether oxygens (including phenoxy) is 1. The van der Waals surface area contributed by atoms with Crippen LogP contribution >= 0.6 is 12.4 Å². The number of rotatable bonds is 5. The summed E-state index contributed by atoms with van der Waals surface area (Å²) in [7, 11) is -2.94. The number of nitrogens with two attached hydrogens (primary N) is 1. The van der Waals surface area contributed by atoms with E-state index in [-0.39, 0.29) is 37.5 Å². The SMILES string of the molecule is COc1c(F)cc(S(=O)(=O)N2CCC(C(C)N)CC2)cc1[N+](=O)[O-].Cl. The minimum atomic E-state index is -4.02. The predicted octanol–water partition coefficient (Wildman–Crippen LogP) is 1.91. The molecule has 1 aromatic rings. The van der Waals surface area contributed by atoms with Crippen LogP contribution in [0.5, 0.6) is 5.75 Å². The summed E-state index contributed by atoms with van der Waals surface area (Å²) in [4.78, 5) is 9.72. The Labute approximate surface area is 151 Å². The number of halogens is 2. The number of piperidine rings is 1. The fourth-order valence-corrected chi connectivity index (χ4v) is 4.33. The molecule has 1 heterocycles. The highest BCUT2D eigenvalue weighted by molar-refractivity contribution is 7.89. The average molecular weight is 398 g/mol. The monoisotopic (exact) mass is 397 g/mol. The Morgan fingerprint density at radius 1 is 1.40 bits per heavy atom. The zero-order valence-corrected chi connectivity index (χ0v) is 15.5. The fraction of sp³-hybridized carbons (Fsp3) is 0.571. The lowest BCUT2D eigenvalue weighted by atomic mass is 9.92. The maximum absolute atomic E-state index is 14.0. The molecule has 2 N–H and O–H groups in total. The van der Waals surface area contributed by atoms with Crippen molar-refractivity contribution in [2.45, 2.75) is 30.7 Å². The van der Waals surface area contributed by atoms with Crippen LogP contribution < -0.4 is 10.5 Å². The highest BCUT2D eigenvalue weighted by Gasteiger charge is 2.33. The van der Waals surface area contributed by atoms with Crippen LogP contribution in [0.3, 0.4) is 0 Å². The molecule has 0 spiro atoms.